The molecular formula is C25H26ClFN4O7. The molecule has 0 spiro atoms. The van der Waals surface area contributed by atoms with Gasteiger partial charge in [0.1, 0.15) is 18.0 Å². The summed E-state index contributed by atoms with van der Waals surface area (Å²) in [7, 11) is 0. The number of carbonyl (C=O) groups excluding carboxylic acids is 1. The molecule has 1 amide bonds. The van der Waals surface area contributed by atoms with Gasteiger partial charge in [-0.3, -0.25) is 19.7 Å². The smallest absolute Gasteiger partial charge is 0.333 e. The first-order valence-corrected chi connectivity index (χ1v) is 11.7. The first-order chi connectivity index (χ1) is 17.7. The van der Waals surface area contributed by atoms with Crippen LogP contribution in [0, 0.1) is 5.82 Å². The lowest BCUT2D eigenvalue weighted by atomic mass is 10.0. The zero-order chi connectivity index (χ0) is 28.2. The average Bonchev–Trinajstić information content (AvgIpc) is 3.25. The molecule has 1 heterocycles. The van der Waals surface area contributed by atoms with Crippen LogP contribution in [0.5, 0.6) is 0 Å². The van der Waals surface area contributed by atoms with Crippen LogP contribution in [0.1, 0.15) is 35.6 Å². The van der Waals surface area contributed by atoms with Gasteiger partial charge in [-0.2, -0.15) is 5.10 Å². The normalized spacial score (nSPS) is 12.4. The SMILES string of the molecule is CC(C)(O)c1cc(C(=O)NN(Cc2ccc(-c3cc(Cl)ccc3F)cc2)C[C@@H](O)C(=O)O)nn1CC(=O)O. The summed E-state index contributed by atoms with van der Waals surface area (Å²) in [6.07, 6.45) is -1.84. The Bertz CT molecular complexity index is 1340. The zero-order valence-corrected chi connectivity index (χ0v) is 21.2. The van der Waals surface area contributed by atoms with Crippen molar-refractivity contribution in [2.45, 2.75) is 38.6 Å². The summed E-state index contributed by atoms with van der Waals surface area (Å²) in [6, 6.07) is 11.9. The number of aliphatic hydroxyl groups is 2. The predicted molar refractivity (Wildman–Crippen MR) is 133 cm³/mol. The van der Waals surface area contributed by atoms with Crippen LogP contribution in [0.2, 0.25) is 5.02 Å². The maximum atomic E-state index is 14.2. The van der Waals surface area contributed by atoms with E-state index in [1.54, 1.807) is 24.3 Å². The highest BCUT2D eigenvalue weighted by Crippen LogP contribution is 2.26. The quantitative estimate of drug-likeness (QED) is 0.226. The molecule has 3 rings (SSSR count). The fourth-order valence-electron chi connectivity index (χ4n) is 3.64. The summed E-state index contributed by atoms with van der Waals surface area (Å²) in [6.45, 7) is 1.65. The molecule has 0 aliphatic rings. The van der Waals surface area contributed by atoms with E-state index < -0.39 is 48.5 Å². The Balaban J connectivity index is 1.84. The highest BCUT2D eigenvalue weighted by atomic mass is 35.5. The van der Waals surface area contributed by atoms with Crippen molar-refractivity contribution in [1.29, 1.82) is 0 Å². The maximum Gasteiger partial charge on any atom is 0.333 e. The van der Waals surface area contributed by atoms with E-state index in [-0.39, 0.29) is 23.5 Å². The number of benzene rings is 2. The van der Waals surface area contributed by atoms with Crippen LogP contribution >= 0.6 is 11.6 Å². The number of hydrazine groups is 1. The highest BCUT2D eigenvalue weighted by molar-refractivity contribution is 6.30. The van der Waals surface area contributed by atoms with Gasteiger partial charge < -0.3 is 20.4 Å². The third-order valence-electron chi connectivity index (χ3n) is 5.43. The van der Waals surface area contributed by atoms with Gasteiger partial charge in [-0.1, -0.05) is 35.9 Å². The Hall–Kier alpha value is -3.84. The molecule has 1 atom stereocenters. The minimum Gasteiger partial charge on any atom is -0.480 e. The molecule has 38 heavy (non-hydrogen) atoms. The molecule has 0 unspecified atom stereocenters. The van der Waals surface area contributed by atoms with E-state index in [0.717, 1.165) is 9.69 Å². The third kappa shape index (κ3) is 7.35. The number of aromatic nitrogens is 2. The Kier molecular flexibility index (Phi) is 8.84. The van der Waals surface area contributed by atoms with Crippen LogP contribution < -0.4 is 5.43 Å². The number of aliphatic hydroxyl groups excluding tert-OH is 1. The number of carbonyl (C=O) groups is 3. The van der Waals surface area contributed by atoms with Crippen molar-refractivity contribution in [2.24, 2.45) is 0 Å². The molecule has 0 aliphatic heterocycles. The van der Waals surface area contributed by atoms with Gasteiger partial charge in [0, 0.05) is 17.1 Å². The molecule has 0 saturated heterocycles. The van der Waals surface area contributed by atoms with Crippen LogP contribution in [0.25, 0.3) is 11.1 Å². The number of aliphatic carboxylic acids is 2. The fourth-order valence-corrected chi connectivity index (χ4v) is 3.81. The summed E-state index contributed by atoms with van der Waals surface area (Å²) >= 11 is 5.97. The van der Waals surface area contributed by atoms with E-state index in [0.29, 0.717) is 16.1 Å². The average molecular weight is 549 g/mol. The van der Waals surface area contributed by atoms with Gasteiger partial charge in [0.25, 0.3) is 5.91 Å². The van der Waals surface area contributed by atoms with Gasteiger partial charge in [-0.15, -0.1) is 0 Å². The number of rotatable bonds is 11. The van der Waals surface area contributed by atoms with Gasteiger partial charge in [-0.05, 0) is 49.2 Å². The molecule has 13 heteroatoms. The topological polar surface area (TPSA) is 165 Å². The van der Waals surface area contributed by atoms with Crippen molar-refractivity contribution in [3.05, 3.63) is 76.3 Å². The lowest BCUT2D eigenvalue weighted by Crippen LogP contribution is -2.47. The minimum absolute atomic E-state index is 0.0530. The molecule has 1 aromatic heterocycles. The summed E-state index contributed by atoms with van der Waals surface area (Å²) in [5.74, 6) is -4.04. The lowest BCUT2D eigenvalue weighted by Gasteiger charge is -2.24. The van der Waals surface area contributed by atoms with Gasteiger partial charge >= 0.3 is 11.9 Å². The molecule has 202 valence electrons. The van der Waals surface area contributed by atoms with Crippen molar-refractivity contribution >= 4 is 29.4 Å². The molecule has 2 aromatic carbocycles. The van der Waals surface area contributed by atoms with Crippen molar-refractivity contribution in [1.82, 2.24) is 20.2 Å². The van der Waals surface area contributed by atoms with E-state index in [1.165, 1.54) is 38.1 Å². The van der Waals surface area contributed by atoms with Crippen LogP contribution in [-0.2, 0) is 28.3 Å². The number of carboxylic acid groups (broad SMARTS) is 2. The molecule has 0 bridgehead atoms. The fraction of sp³-hybridized carbons (Fsp3) is 0.280. The third-order valence-corrected chi connectivity index (χ3v) is 5.66. The molecule has 3 aromatic rings. The second kappa shape index (κ2) is 11.7. The first-order valence-electron chi connectivity index (χ1n) is 11.3. The molecule has 11 nitrogen and oxygen atoms in total. The summed E-state index contributed by atoms with van der Waals surface area (Å²) < 4.78 is 15.2. The number of nitrogens with one attached hydrogen (secondary N) is 1. The Morgan fingerprint density at radius 1 is 1.13 bits per heavy atom. The van der Waals surface area contributed by atoms with E-state index in [4.69, 9.17) is 21.8 Å². The number of amides is 1. The molecule has 0 radical (unpaired) electrons. The van der Waals surface area contributed by atoms with Gasteiger partial charge in [0.05, 0.1) is 12.2 Å². The zero-order valence-electron chi connectivity index (χ0n) is 20.4. The Labute approximate surface area is 221 Å². The van der Waals surface area contributed by atoms with Crippen LogP contribution in [-0.4, -0.2) is 65.7 Å². The number of carboxylic acids is 2. The monoisotopic (exact) mass is 548 g/mol. The molecular weight excluding hydrogens is 523 g/mol. The number of halogens is 2. The molecule has 0 fully saturated rings. The van der Waals surface area contributed by atoms with Gasteiger partial charge in [-0.25, -0.2) is 14.2 Å². The first kappa shape index (κ1) is 28.7. The summed E-state index contributed by atoms with van der Waals surface area (Å²) in [5, 5.41) is 44.0. The van der Waals surface area contributed by atoms with Crippen LogP contribution in [0.15, 0.2) is 48.5 Å². The summed E-state index contributed by atoms with van der Waals surface area (Å²) in [4.78, 5) is 35.4. The molecule has 0 saturated carbocycles. The van der Waals surface area contributed by atoms with E-state index in [1.807, 2.05) is 0 Å². The van der Waals surface area contributed by atoms with Crippen molar-refractivity contribution in [3.63, 3.8) is 0 Å². The highest BCUT2D eigenvalue weighted by Gasteiger charge is 2.27. The minimum atomic E-state index is -1.84. The van der Waals surface area contributed by atoms with Crippen molar-refractivity contribution in [3.8, 4) is 11.1 Å². The van der Waals surface area contributed by atoms with Gasteiger partial charge in [0.15, 0.2) is 11.8 Å². The van der Waals surface area contributed by atoms with Crippen LogP contribution in [0.3, 0.4) is 0 Å². The van der Waals surface area contributed by atoms with Crippen molar-refractivity contribution in [2.75, 3.05) is 6.54 Å². The standard InChI is InChI=1S/C25H26ClFN4O7/c1-25(2,38)21-10-19(28-31(21)13-22(33)34)23(35)29-30(12-20(32)24(36)37)11-14-3-5-15(6-4-14)17-9-16(26)7-8-18(17)27/h3-10,20,32,38H,11-13H2,1-2H3,(H,29,35)(H,33,34)(H,36,37)/t20-/m1/s1. The van der Waals surface area contributed by atoms with Crippen LogP contribution in [0.4, 0.5) is 4.39 Å². The second-order valence-corrected chi connectivity index (χ2v) is 9.46. The summed E-state index contributed by atoms with van der Waals surface area (Å²) in [5.41, 5.74) is 2.21. The Morgan fingerprint density at radius 2 is 1.79 bits per heavy atom. The van der Waals surface area contributed by atoms with Crippen molar-refractivity contribution < 1.29 is 39.2 Å². The predicted octanol–water partition coefficient (Wildman–Crippen LogP) is 2.25. The Morgan fingerprint density at radius 3 is 2.37 bits per heavy atom. The second-order valence-electron chi connectivity index (χ2n) is 9.02. The van der Waals surface area contributed by atoms with Gasteiger partial charge in [0.2, 0.25) is 0 Å². The van der Waals surface area contributed by atoms with E-state index >= 15 is 0 Å². The molecule has 0 aliphatic carbocycles. The van der Waals surface area contributed by atoms with E-state index in [2.05, 4.69) is 10.5 Å². The molecule has 5 N–H and O–H groups in total. The van der Waals surface area contributed by atoms with E-state index in [9.17, 15) is 29.0 Å². The number of hydrogen-bond acceptors (Lipinski definition) is 7. The lowest BCUT2D eigenvalue weighted by molar-refractivity contribution is -0.148. The number of nitrogens with zero attached hydrogens (tertiary/aromatic N) is 3. The maximum absolute atomic E-state index is 14.2. The largest absolute Gasteiger partial charge is 0.480 e. The number of hydrogen-bond donors (Lipinski definition) is 5.